The second kappa shape index (κ2) is 6.22. The highest BCUT2D eigenvalue weighted by Gasteiger charge is 2.23. The molecule has 0 bridgehead atoms. The fraction of sp³-hybridized carbons (Fsp3) is 0.600. The lowest BCUT2D eigenvalue weighted by atomic mass is 10.0. The number of Topliss-reactive ketones (excluding diaryl/α,β-unsaturated/α-hetero) is 1. The number of hydrogen-bond acceptors (Lipinski definition) is 3. The molecular weight excluding hydrogens is 254 g/mol. The van der Waals surface area contributed by atoms with Crippen LogP contribution in [0.25, 0.3) is 0 Å². The van der Waals surface area contributed by atoms with Crippen molar-refractivity contribution in [2.75, 3.05) is 13.1 Å². The molecule has 0 radical (unpaired) electrons. The van der Waals surface area contributed by atoms with Crippen molar-refractivity contribution in [2.24, 2.45) is 0 Å². The van der Waals surface area contributed by atoms with Crippen LogP contribution in [0.15, 0.2) is 0 Å². The van der Waals surface area contributed by atoms with Crippen molar-refractivity contribution in [3.05, 3.63) is 22.5 Å². The summed E-state index contributed by atoms with van der Waals surface area (Å²) in [5, 5.41) is 6.34. The molecule has 110 valence electrons. The van der Waals surface area contributed by atoms with Gasteiger partial charge in [0.2, 0.25) is 0 Å². The molecule has 5 nitrogen and oxygen atoms in total. The number of nitrogens with one attached hydrogen (secondary N) is 3. The topological polar surface area (TPSA) is 74.0 Å². The second-order valence-electron chi connectivity index (χ2n) is 5.39. The molecule has 1 saturated heterocycles. The first-order valence-corrected chi connectivity index (χ1v) is 7.28. The minimum atomic E-state index is -0.0932. The molecule has 1 aliphatic rings. The van der Waals surface area contributed by atoms with Gasteiger partial charge in [-0.15, -0.1) is 0 Å². The van der Waals surface area contributed by atoms with Crippen molar-refractivity contribution in [3.63, 3.8) is 0 Å². The molecule has 0 unspecified atom stereocenters. The first-order chi connectivity index (χ1) is 9.54. The zero-order valence-corrected chi connectivity index (χ0v) is 12.4. The van der Waals surface area contributed by atoms with E-state index in [-0.39, 0.29) is 17.7 Å². The van der Waals surface area contributed by atoms with Crippen molar-refractivity contribution in [3.8, 4) is 0 Å². The number of aromatic amines is 1. The standard InChI is InChI=1S/C15H23N3O2/c1-4-12-13(10(3)19)9(2)17-14(12)15(20)18-11-5-7-16-8-6-11/h11,16-17H,4-8H2,1-3H3,(H,18,20). The number of carbonyl (C=O) groups excluding carboxylic acids is 2. The Labute approximate surface area is 119 Å². The molecule has 3 N–H and O–H groups in total. The Morgan fingerprint density at radius 1 is 1.30 bits per heavy atom. The van der Waals surface area contributed by atoms with E-state index in [2.05, 4.69) is 15.6 Å². The van der Waals surface area contributed by atoms with Crippen molar-refractivity contribution >= 4 is 11.7 Å². The normalized spacial score (nSPS) is 16.1. The van der Waals surface area contributed by atoms with E-state index in [0.29, 0.717) is 17.7 Å². The predicted molar refractivity (Wildman–Crippen MR) is 78.3 cm³/mol. The Morgan fingerprint density at radius 3 is 2.50 bits per heavy atom. The number of hydrogen-bond donors (Lipinski definition) is 3. The number of rotatable bonds is 4. The zero-order valence-electron chi connectivity index (χ0n) is 12.4. The van der Waals surface area contributed by atoms with E-state index in [4.69, 9.17) is 0 Å². The summed E-state index contributed by atoms with van der Waals surface area (Å²) in [5.74, 6) is -0.0825. The van der Waals surface area contributed by atoms with E-state index in [0.717, 1.165) is 37.2 Å². The molecule has 20 heavy (non-hydrogen) atoms. The lowest BCUT2D eigenvalue weighted by Crippen LogP contribution is -2.43. The minimum Gasteiger partial charge on any atom is -0.354 e. The maximum atomic E-state index is 12.4. The number of carbonyl (C=O) groups is 2. The van der Waals surface area contributed by atoms with Gasteiger partial charge in [0.1, 0.15) is 5.69 Å². The van der Waals surface area contributed by atoms with Crippen molar-refractivity contribution in [1.29, 1.82) is 0 Å². The molecule has 1 aromatic rings. The van der Waals surface area contributed by atoms with Crippen molar-refractivity contribution in [2.45, 2.75) is 46.1 Å². The summed E-state index contributed by atoms with van der Waals surface area (Å²) >= 11 is 0. The minimum absolute atomic E-state index is 0.0107. The maximum Gasteiger partial charge on any atom is 0.268 e. The first kappa shape index (κ1) is 14.8. The Hall–Kier alpha value is -1.62. The molecule has 5 heteroatoms. The van der Waals surface area contributed by atoms with Crippen LogP contribution >= 0.6 is 0 Å². The highest BCUT2D eigenvalue weighted by molar-refractivity contribution is 6.02. The maximum absolute atomic E-state index is 12.4. The molecule has 1 fully saturated rings. The monoisotopic (exact) mass is 277 g/mol. The molecule has 0 atom stereocenters. The molecule has 0 spiro atoms. The second-order valence-corrected chi connectivity index (χ2v) is 5.39. The third kappa shape index (κ3) is 2.93. The highest BCUT2D eigenvalue weighted by atomic mass is 16.2. The molecule has 0 aliphatic carbocycles. The van der Waals surface area contributed by atoms with Gasteiger partial charge in [-0.1, -0.05) is 6.92 Å². The predicted octanol–water partition coefficient (Wildman–Crippen LogP) is 1.57. The molecule has 0 saturated carbocycles. The summed E-state index contributed by atoms with van der Waals surface area (Å²) in [7, 11) is 0. The Morgan fingerprint density at radius 2 is 1.95 bits per heavy atom. The van der Waals surface area contributed by atoms with Crippen LogP contribution in [0.1, 0.15) is 58.8 Å². The van der Waals surface area contributed by atoms with Crippen LogP contribution in [0.2, 0.25) is 0 Å². The zero-order chi connectivity index (χ0) is 14.7. The van der Waals surface area contributed by atoms with Crippen LogP contribution in [-0.4, -0.2) is 35.8 Å². The van der Waals surface area contributed by atoms with Gasteiger partial charge in [-0.05, 0) is 51.8 Å². The SMILES string of the molecule is CCc1c(C(=O)NC2CCNCC2)[nH]c(C)c1C(C)=O. The molecule has 1 aliphatic heterocycles. The summed E-state index contributed by atoms with van der Waals surface area (Å²) in [5.41, 5.74) is 2.84. The quantitative estimate of drug-likeness (QED) is 0.731. The summed E-state index contributed by atoms with van der Waals surface area (Å²) in [6, 6.07) is 0.220. The van der Waals surface area contributed by atoms with Crippen LogP contribution in [0, 0.1) is 6.92 Å². The lowest BCUT2D eigenvalue weighted by Gasteiger charge is -2.23. The molecular formula is C15H23N3O2. The molecule has 0 aromatic carbocycles. The number of amides is 1. The van der Waals surface area contributed by atoms with Gasteiger partial charge in [-0.2, -0.15) is 0 Å². The summed E-state index contributed by atoms with van der Waals surface area (Å²) in [4.78, 5) is 27.2. The van der Waals surface area contributed by atoms with Gasteiger partial charge in [0.15, 0.2) is 5.78 Å². The van der Waals surface area contributed by atoms with Crippen molar-refractivity contribution < 1.29 is 9.59 Å². The van der Waals surface area contributed by atoms with Crippen LogP contribution in [-0.2, 0) is 6.42 Å². The van der Waals surface area contributed by atoms with E-state index in [1.807, 2.05) is 13.8 Å². The number of H-pyrrole nitrogens is 1. The van der Waals surface area contributed by atoms with Gasteiger partial charge < -0.3 is 15.6 Å². The average molecular weight is 277 g/mol. The molecule has 2 rings (SSSR count). The number of aromatic nitrogens is 1. The highest BCUT2D eigenvalue weighted by Crippen LogP contribution is 2.20. The third-order valence-corrected chi connectivity index (χ3v) is 3.90. The number of aryl methyl sites for hydroxylation is 1. The fourth-order valence-corrected chi connectivity index (χ4v) is 2.92. The van der Waals surface area contributed by atoms with E-state index in [1.54, 1.807) is 6.92 Å². The Balaban J connectivity index is 2.21. The van der Waals surface area contributed by atoms with Gasteiger partial charge >= 0.3 is 0 Å². The van der Waals surface area contributed by atoms with E-state index >= 15 is 0 Å². The Bertz CT molecular complexity index is 513. The van der Waals surface area contributed by atoms with Gasteiger partial charge in [-0.25, -0.2) is 0 Å². The molecule has 2 heterocycles. The van der Waals surface area contributed by atoms with Crippen molar-refractivity contribution in [1.82, 2.24) is 15.6 Å². The summed E-state index contributed by atoms with van der Waals surface area (Å²) in [6.07, 6.45) is 2.58. The number of ketones is 1. The van der Waals surface area contributed by atoms with Gasteiger partial charge in [0, 0.05) is 17.3 Å². The van der Waals surface area contributed by atoms with Crippen LogP contribution in [0.4, 0.5) is 0 Å². The lowest BCUT2D eigenvalue weighted by molar-refractivity contribution is 0.0924. The summed E-state index contributed by atoms with van der Waals surface area (Å²) in [6.45, 7) is 7.24. The third-order valence-electron chi connectivity index (χ3n) is 3.90. The van der Waals surface area contributed by atoms with E-state index in [9.17, 15) is 9.59 Å². The van der Waals surface area contributed by atoms with Gasteiger partial charge in [0.25, 0.3) is 5.91 Å². The van der Waals surface area contributed by atoms with Crippen LogP contribution in [0.5, 0.6) is 0 Å². The van der Waals surface area contributed by atoms with Gasteiger partial charge in [-0.3, -0.25) is 9.59 Å². The average Bonchev–Trinajstić information content (AvgIpc) is 2.76. The summed E-state index contributed by atoms with van der Waals surface area (Å²) < 4.78 is 0. The van der Waals surface area contributed by atoms with E-state index in [1.165, 1.54) is 0 Å². The van der Waals surface area contributed by atoms with Crippen LogP contribution in [0.3, 0.4) is 0 Å². The molecule has 1 aromatic heterocycles. The Kier molecular flexibility index (Phi) is 4.60. The van der Waals surface area contributed by atoms with Crippen LogP contribution < -0.4 is 10.6 Å². The largest absolute Gasteiger partial charge is 0.354 e. The molecule has 1 amide bonds. The van der Waals surface area contributed by atoms with Gasteiger partial charge in [0.05, 0.1) is 0 Å². The fourth-order valence-electron chi connectivity index (χ4n) is 2.92. The smallest absolute Gasteiger partial charge is 0.268 e. The first-order valence-electron chi connectivity index (χ1n) is 7.28. The van der Waals surface area contributed by atoms with E-state index < -0.39 is 0 Å². The number of piperidine rings is 1.